The van der Waals surface area contributed by atoms with Crippen LogP contribution in [0, 0.1) is 0 Å². The summed E-state index contributed by atoms with van der Waals surface area (Å²) in [6.07, 6.45) is 3.68. The van der Waals surface area contributed by atoms with E-state index in [1.54, 1.807) is 42.3 Å². The lowest BCUT2D eigenvalue weighted by molar-refractivity contribution is 0.0707. The minimum atomic E-state index is -3.74. The number of likely N-dealkylation sites (tertiary alicyclic amines) is 1. The molecular weight excluding hydrogens is 418 g/mol. The van der Waals surface area contributed by atoms with Gasteiger partial charge < -0.3 is 4.90 Å². The van der Waals surface area contributed by atoms with Crippen LogP contribution in [0.4, 0.5) is 0 Å². The monoisotopic (exact) mass is 441 g/mol. The highest BCUT2D eigenvalue weighted by atomic mass is 35.5. The van der Waals surface area contributed by atoms with E-state index in [2.05, 4.69) is 4.98 Å². The molecule has 152 valence electrons. The van der Waals surface area contributed by atoms with Crippen molar-refractivity contribution < 1.29 is 13.2 Å². The van der Waals surface area contributed by atoms with Gasteiger partial charge in [-0.1, -0.05) is 25.4 Å². The van der Waals surface area contributed by atoms with Gasteiger partial charge in [-0.25, -0.2) is 13.4 Å². The first-order valence-electron chi connectivity index (χ1n) is 9.36. The maximum atomic E-state index is 13.1. The van der Waals surface area contributed by atoms with Gasteiger partial charge in [0.15, 0.2) is 0 Å². The molecule has 1 atom stereocenters. The molecule has 0 saturated carbocycles. The summed E-state index contributed by atoms with van der Waals surface area (Å²) in [5.41, 5.74) is 0.343. The van der Waals surface area contributed by atoms with E-state index in [0.717, 1.165) is 17.8 Å². The SMILES string of the molecule is CCN(CC)S(=O)(=O)c1cc(C(=O)N2CCCC(c3nccs3)C2)ccc1Cl. The topological polar surface area (TPSA) is 70.6 Å². The molecule has 0 radical (unpaired) electrons. The van der Waals surface area contributed by atoms with Gasteiger partial charge in [-0.05, 0) is 31.0 Å². The molecule has 1 aliphatic rings. The minimum absolute atomic E-state index is 0.0165. The Balaban J connectivity index is 1.86. The Morgan fingerprint density at radius 2 is 2.11 bits per heavy atom. The first-order valence-corrected chi connectivity index (χ1v) is 12.1. The highest BCUT2D eigenvalue weighted by Crippen LogP contribution is 2.30. The summed E-state index contributed by atoms with van der Waals surface area (Å²) in [6.45, 7) is 5.48. The van der Waals surface area contributed by atoms with Gasteiger partial charge in [-0.2, -0.15) is 4.31 Å². The van der Waals surface area contributed by atoms with Crippen molar-refractivity contribution >= 4 is 38.9 Å². The number of carbonyl (C=O) groups excluding carboxylic acids is 1. The van der Waals surface area contributed by atoms with Crippen LogP contribution in [0.5, 0.6) is 0 Å². The molecule has 0 spiro atoms. The van der Waals surface area contributed by atoms with Crippen molar-refractivity contribution in [3.63, 3.8) is 0 Å². The van der Waals surface area contributed by atoms with Gasteiger partial charge in [0.05, 0.1) is 10.0 Å². The number of rotatable bonds is 6. The molecular formula is C19H24ClN3O3S2. The number of sulfonamides is 1. The van der Waals surface area contributed by atoms with Gasteiger partial charge >= 0.3 is 0 Å². The quantitative estimate of drug-likeness (QED) is 0.682. The summed E-state index contributed by atoms with van der Waals surface area (Å²) >= 11 is 7.79. The summed E-state index contributed by atoms with van der Waals surface area (Å²) in [7, 11) is -3.74. The lowest BCUT2D eigenvalue weighted by Crippen LogP contribution is -2.39. The normalized spacial score (nSPS) is 17.9. The van der Waals surface area contributed by atoms with Gasteiger partial charge in [0.25, 0.3) is 5.91 Å². The standard InChI is InChI=1S/C19H24ClN3O3S2/c1-3-23(4-2)28(25,26)17-12-14(7-8-16(17)20)19(24)22-10-5-6-15(13-22)18-21-9-11-27-18/h7-9,11-12,15H,3-6,10,13H2,1-2H3. The molecule has 2 aromatic rings. The molecule has 6 nitrogen and oxygen atoms in total. The molecule has 1 amide bonds. The van der Waals surface area contributed by atoms with Crippen LogP contribution < -0.4 is 0 Å². The molecule has 28 heavy (non-hydrogen) atoms. The second-order valence-corrected chi connectivity index (χ2v) is 9.93. The van der Waals surface area contributed by atoms with E-state index in [9.17, 15) is 13.2 Å². The average Bonchev–Trinajstić information content (AvgIpc) is 3.23. The smallest absolute Gasteiger partial charge is 0.253 e. The summed E-state index contributed by atoms with van der Waals surface area (Å²) in [5.74, 6) is 0.0535. The molecule has 0 bridgehead atoms. The Morgan fingerprint density at radius 3 is 2.75 bits per heavy atom. The highest BCUT2D eigenvalue weighted by molar-refractivity contribution is 7.89. The number of carbonyl (C=O) groups is 1. The number of amides is 1. The number of thiazole rings is 1. The molecule has 1 fully saturated rings. The van der Waals surface area contributed by atoms with Crippen molar-refractivity contribution in [2.45, 2.75) is 37.5 Å². The van der Waals surface area contributed by atoms with E-state index >= 15 is 0 Å². The number of aromatic nitrogens is 1. The molecule has 1 unspecified atom stereocenters. The summed E-state index contributed by atoms with van der Waals surface area (Å²) in [4.78, 5) is 19.2. The van der Waals surface area contributed by atoms with Gasteiger partial charge in [-0.15, -0.1) is 11.3 Å². The Hall–Kier alpha value is -1.48. The first kappa shape index (κ1) is 21.2. The van der Waals surface area contributed by atoms with Crippen LogP contribution in [0.15, 0.2) is 34.7 Å². The molecule has 3 rings (SSSR count). The second kappa shape index (κ2) is 8.90. The maximum absolute atomic E-state index is 13.1. The lowest BCUT2D eigenvalue weighted by atomic mass is 9.98. The number of benzene rings is 1. The van der Waals surface area contributed by atoms with Gasteiger partial charge in [0, 0.05) is 49.2 Å². The molecule has 1 aromatic carbocycles. The zero-order valence-electron chi connectivity index (χ0n) is 16.0. The van der Waals surface area contributed by atoms with Gasteiger partial charge in [-0.3, -0.25) is 4.79 Å². The number of hydrogen-bond donors (Lipinski definition) is 0. The van der Waals surface area contributed by atoms with Crippen molar-refractivity contribution in [2.75, 3.05) is 26.2 Å². The number of hydrogen-bond acceptors (Lipinski definition) is 5. The minimum Gasteiger partial charge on any atom is -0.338 e. The zero-order valence-corrected chi connectivity index (χ0v) is 18.4. The Kier molecular flexibility index (Phi) is 6.75. The van der Waals surface area contributed by atoms with E-state index in [1.165, 1.54) is 16.4 Å². The van der Waals surface area contributed by atoms with Crippen molar-refractivity contribution in [2.24, 2.45) is 0 Å². The van der Waals surface area contributed by atoms with E-state index in [-0.39, 0.29) is 21.7 Å². The summed E-state index contributed by atoms with van der Waals surface area (Å²) in [5, 5.41) is 3.11. The summed E-state index contributed by atoms with van der Waals surface area (Å²) in [6, 6.07) is 4.50. The predicted octanol–water partition coefficient (Wildman–Crippen LogP) is 3.85. The fourth-order valence-electron chi connectivity index (χ4n) is 3.52. The maximum Gasteiger partial charge on any atom is 0.253 e. The van der Waals surface area contributed by atoms with Crippen LogP contribution in [0.3, 0.4) is 0 Å². The van der Waals surface area contributed by atoms with E-state index < -0.39 is 10.0 Å². The lowest BCUT2D eigenvalue weighted by Gasteiger charge is -2.32. The summed E-state index contributed by atoms with van der Waals surface area (Å²) < 4.78 is 27.1. The molecule has 0 aliphatic carbocycles. The van der Waals surface area contributed by atoms with Crippen molar-refractivity contribution in [3.8, 4) is 0 Å². The number of halogens is 1. The third kappa shape index (κ3) is 4.25. The first-order chi connectivity index (χ1) is 13.4. The van der Waals surface area contributed by atoms with Crippen LogP contribution in [0.25, 0.3) is 0 Å². The third-order valence-electron chi connectivity index (χ3n) is 5.01. The van der Waals surface area contributed by atoms with E-state index in [4.69, 9.17) is 11.6 Å². The molecule has 0 N–H and O–H groups in total. The zero-order chi connectivity index (χ0) is 20.3. The molecule has 1 saturated heterocycles. The third-order valence-corrected chi connectivity index (χ3v) is 8.48. The molecule has 1 aliphatic heterocycles. The molecule has 9 heteroatoms. The highest BCUT2D eigenvalue weighted by Gasteiger charge is 2.29. The fourth-order valence-corrected chi connectivity index (χ4v) is 6.24. The molecule has 2 heterocycles. The largest absolute Gasteiger partial charge is 0.338 e. The number of nitrogens with zero attached hydrogens (tertiary/aromatic N) is 3. The van der Waals surface area contributed by atoms with Gasteiger partial charge in [0.1, 0.15) is 4.90 Å². The van der Waals surface area contributed by atoms with Gasteiger partial charge in [0.2, 0.25) is 10.0 Å². The van der Waals surface area contributed by atoms with Crippen molar-refractivity contribution in [1.29, 1.82) is 0 Å². The molecule has 1 aromatic heterocycles. The average molecular weight is 442 g/mol. The van der Waals surface area contributed by atoms with Crippen LogP contribution in [0.1, 0.15) is 48.0 Å². The Morgan fingerprint density at radius 1 is 1.36 bits per heavy atom. The van der Waals surface area contributed by atoms with Crippen LogP contribution in [0.2, 0.25) is 5.02 Å². The predicted molar refractivity (Wildman–Crippen MR) is 112 cm³/mol. The van der Waals surface area contributed by atoms with E-state index in [1.807, 2.05) is 5.38 Å². The van der Waals surface area contributed by atoms with E-state index in [0.29, 0.717) is 31.7 Å². The van der Waals surface area contributed by atoms with Crippen molar-refractivity contribution in [3.05, 3.63) is 45.4 Å². The number of piperidine rings is 1. The van der Waals surface area contributed by atoms with Crippen LogP contribution in [-0.4, -0.2) is 54.7 Å². The van der Waals surface area contributed by atoms with Crippen LogP contribution >= 0.6 is 22.9 Å². The van der Waals surface area contributed by atoms with Crippen LogP contribution in [-0.2, 0) is 10.0 Å². The Bertz CT molecular complexity index is 928. The Labute approximate surface area is 175 Å². The fraction of sp³-hybridized carbons (Fsp3) is 0.474. The second-order valence-electron chi connectivity index (χ2n) is 6.70. The van der Waals surface area contributed by atoms with Crippen molar-refractivity contribution in [1.82, 2.24) is 14.2 Å².